The fourth-order valence-electron chi connectivity index (χ4n) is 3.65. The second-order valence-electron chi connectivity index (χ2n) is 8.02. The minimum absolute atomic E-state index is 0.102. The lowest BCUT2D eigenvalue weighted by atomic mass is 9.97. The molecule has 0 aromatic heterocycles. The third-order valence-electron chi connectivity index (χ3n) is 4.95. The minimum atomic E-state index is -4.17. The van der Waals surface area contributed by atoms with Crippen molar-refractivity contribution in [3.05, 3.63) is 42.5 Å². The van der Waals surface area contributed by atoms with Crippen LogP contribution in [-0.2, 0) is 14.1 Å². The molecule has 166 valence electrons. The van der Waals surface area contributed by atoms with Crippen molar-refractivity contribution in [2.75, 3.05) is 5.32 Å². The van der Waals surface area contributed by atoms with Gasteiger partial charge in [0.2, 0.25) is 0 Å². The third-order valence-corrected chi connectivity index (χ3v) is 4.95. The highest BCUT2D eigenvalue weighted by Gasteiger charge is 2.26. The Morgan fingerprint density at radius 2 is 1.73 bits per heavy atom. The Hall–Kier alpha value is -1.59. The van der Waals surface area contributed by atoms with Gasteiger partial charge in [0, 0.05) is 22.3 Å². The van der Waals surface area contributed by atoms with Gasteiger partial charge < -0.3 is 19.8 Å². The van der Waals surface area contributed by atoms with Crippen LogP contribution in [0.25, 0.3) is 10.8 Å². The van der Waals surface area contributed by atoms with Crippen molar-refractivity contribution in [2.24, 2.45) is 5.92 Å². The van der Waals surface area contributed by atoms with E-state index in [0.717, 1.165) is 30.3 Å². The van der Waals surface area contributed by atoms with Gasteiger partial charge >= 0.3 is 12.9 Å². The number of carbonyl (C=O) groups is 1. The van der Waals surface area contributed by atoms with Crippen LogP contribution < -0.4 is 5.32 Å². The Balaban J connectivity index is 0.000000575. The maximum atomic E-state index is 12.8. The number of ether oxygens (including phenoxy) is 1. The number of hydrogen-bond donors (Lipinski definition) is 3. The van der Waals surface area contributed by atoms with Gasteiger partial charge in [0.05, 0.1) is 0 Å². The van der Waals surface area contributed by atoms with Crippen molar-refractivity contribution in [3.63, 3.8) is 0 Å². The molecular weight excluding hydrogens is 425 g/mol. The zero-order valence-corrected chi connectivity index (χ0v) is 19.1. The summed E-state index contributed by atoms with van der Waals surface area (Å²) in [6, 6.07) is 14.1. The number of carbonyl (C=O) groups excluding carboxylic acids is 1. The van der Waals surface area contributed by atoms with Gasteiger partial charge in [0.15, 0.2) is 0 Å². The van der Waals surface area contributed by atoms with Gasteiger partial charge in [-0.15, -0.1) is 0 Å². The molecule has 0 unspecified atom stereocenters. The van der Waals surface area contributed by atoms with Crippen LogP contribution in [0.1, 0.15) is 52.4 Å². The molecule has 1 atom stereocenters. The number of fused-ring (bicyclic) bond motifs is 1. The average molecular weight is 456 g/mol. The Labute approximate surface area is 182 Å². The smallest absolute Gasteiger partial charge is 0.419 e. The minimum Gasteiger partial charge on any atom is -0.461 e. The maximum Gasteiger partial charge on any atom is 0.419 e. The highest BCUT2D eigenvalue weighted by atomic mass is 35.7. The Kier molecular flexibility index (Phi) is 9.63. The average Bonchev–Trinajstić information content (AvgIpc) is 2.67. The summed E-state index contributed by atoms with van der Waals surface area (Å²) >= 11 is 4.20. The summed E-state index contributed by atoms with van der Waals surface area (Å²) in [5, 5.41) is 5.79. The van der Waals surface area contributed by atoms with E-state index in [1.807, 2.05) is 24.3 Å². The van der Waals surface area contributed by atoms with E-state index in [-0.39, 0.29) is 18.1 Å². The number of benzene rings is 2. The molecule has 1 aliphatic rings. The molecule has 0 spiro atoms. The number of hydrogen-bond acceptors (Lipinski definition) is 4. The van der Waals surface area contributed by atoms with Crippen molar-refractivity contribution in [2.45, 2.75) is 64.5 Å². The zero-order chi connectivity index (χ0) is 22.1. The standard InChI is InChI=1S/C22H29NO2.ClH2O3P/c1-16(2)15-21(22(24)25-18-11-4-3-5-12-18)23-20-14-8-10-17-9-6-7-13-19(17)20;1-5(2,3)4/h6-10,13-14,16,18,21,23H,3-5,11-12,15H2,1-2H3;(H2,2,3,4)/t21-;/m0./s1. The Morgan fingerprint density at radius 1 is 1.13 bits per heavy atom. The van der Waals surface area contributed by atoms with Crippen molar-refractivity contribution in [1.82, 2.24) is 0 Å². The zero-order valence-electron chi connectivity index (χ0n) is 17.5. The van der Waals surface area contributed by atoms with Gasteiger partial charge in [-0.2, -0.15) is 0 Å². The maximum absolute atomic E-state index is 12.8. The monoisotopic (exact) mass is 455 g/mol. The molecule has 8 heteroatoms. The quantitative estimate of drug-likeness (QED) is 0.373. The van der Waals surface area contributed by atoms with E-state index in [1.165, 1.54) is 24.6 Å². The molecule has 1 fully saturated rings. The van der Waals surface area contributed by atoms with E-state index in [2.05, 4.69) is 48.6 Å². The van der Waals surface area contributed by atoms with Gasteiger partial charge in [0.25, 0.3) is 0 Å². The van der Waals surface area contributed by atoms with Crippen molar-refractivity contribution in [1.29, 1.82) is 0 Å². The first-order valence-electron chi connectivity index (χ1n) is 10.3. The molecule has 1 aliphatic carbocycles. The van der Waals surface area contributed by atoms with Crippen molar-refractivity contribution >= 4 is 40.6 Å². The normalized spacial score (nSPS) is 15.9. The summed E-state index contributed by atoms with van der Waals surface area (Å²) in [6.07, 6.45) is 6.49. The summed E-state index contributed by atoms with van der Waals surface area (Å²) in [4.78, 5) is 27.6. The van der Waals surface area contributed by atoms with E-state index < -0.39 is 6.95 Å². The first-order chi connectivity index (χ1) is 14.1. The van der Waals surface area contributed by atoms with Crippen LogP contribution >= 0.6 is 18.2 Å². The lowest BCUT2D eigenvalue weighted by Crippen LogP contribution is -2.35. The van der Waals surface area contributed by atoms with Gasteiger partial charge in [-0.3, -0.25) is 0 Å². The van der Waals surface area contributed by atoms with E-state index in [0.29, 0.717) is 5.92 Å². The predicted molar refractivity (Wildman–Crippen MR) is 122 cm³/mol. The topological polar surface area (TPSA) is 95.9 Å². The first-order valence-corrected chi connectivity index (χ1v) is 12.8. The van der Waals surface area contributed by atoms with E-state index >= 15 is 0 Å². The molecule has 0 radical (unpaired) electrons. The summed E-state index contributed by atoms with van der Waals surface area (Å²) < 4.78 is 14.9. The van der Waals surface area contributed by atoms with Gasteiger partial charge in [-0.25, -0.2) is 9.36 Å². The molecule has 0 aliphatic heterocycles. The molecule has 6 nitrogen and oxygen atoms in total. The summed E-state index contributed by atoms with van der Waals surface area (Å²) in [5.74, 6) is 0.319. The highest BCUT2D eigenvalue weighted by molar-refractivity contribution is 7.79. The number of halogens is 1. The van der Waals surface area contributed by atoms with Crippen molar-refractivity contribution < 1.29 is 23.9 Å². The van der Waals surface area contributed by atoms with E-state index in [4.69, 9.17) is 19.1 Å². The van der Waals surface area contributed by atoms with Crippen LogP contribution in [0.2, 0.25) is 0 Å². The van der Waals surface area contributed by atoms with E-state index in [1.54, 1.807) is 0 Å². The van der Waals surface area contributed by atoms with Crippen molar-refractivity contribution in [3.8, 4) is 0 Å². The number of esters is 1. The molecule has 0 amide bonds. The fourth-order valence-corrected chi connectivity index (χ4v) is 3.65. The molecule has 3 rings (SSSR count). The molecule has 3 N–H and O–H groups in total. The lowest BCUT2D eigenvalue weighted by molar-refractivity contribution is -0.151. The highest BCUT2D eigenvalue weighted by Crippen LogP contribution is 2.39. The van der Waals surface area contributed by atoms with Crippen LogP contribution in [0, 0.1) is 5.92 Å². The second-order valence-corrected chi connectivity index (χ2v) is 10.3. The SMILES string of the molecule is CC(C)C[C@H](Nc1cccc2ccccc12)C(=O)OC1CCCCC1.O=P(O)(O)Cl. The van der Waals surface area contributed by atoms with Gasteiger partial charge in [-0.1, -0.05) is 56.7 Å². The summed E-state index contributed by atoms with van der Waals surface area (Å²) in [6.45, 7) is 0.122. The molecule has 0 heterocycles. The van der Waals surface area contributed by atoms with Crippen LogP contribution in [0.3, 0.4) is 0 Å². The Bertz CT molecular complexity index is 850. The van der Waals surface area contributed by atoms with Crippen LogP contribution in [0.15, 0.2) is 42.5 Å². The van der Waals surface area contributed by atoms with Crippen LogP contribution in [0.5, 0.6) is 0 Å². The number of nitrogens with one attached hydrogen (secondary N) is 1. The predicted octanol–water partition coefficient (Wildman–Crippen LogP) is 5.86. The molecule has 0 saturated heterocycles. The second kappa shape index (κ2) is 11.7. The van der Waals surface area contributed by atoms with Crippen LogP contribution in [0.4, 0.5) is 5.69 Å². The fraction of sp³-hybridized carbons (Fsp3) is 0.500. The molecule has 30 heavy (non-hydrogen) atoms. The molecule has 2 aromatic carbocycles. The molecule has 2 aromatic rings. The molecule has 1 saturated carbocycles. The summed E-state index contributed by atoms with van der Waals surface area (Å²) in [5.41, 5.74) is 1.00. The largest absolute Gasteiger partial charge is 0.461 e. The van der Waals surface area contributed by atoms with Gasteiger partial charge in [-0.05, 0) is 49.5 Å². The third kappa shape index (κ3) is 9.05. The molecular formula is C22H31ClNO5P. The van der Waals surface area contributed by atoms with Gasteiger partial charge in [0.1, 0.15) is 12.1 Å². The Morgan fingerprint density at radius 3 is 2.37 bits per heavy atom. The number of rotatable bonds is 6. The lowest BCUT2D eigenvalue weighted by Gasteiger charge is -2.26. The summed E-state index contributed by atoms with van der Waals surface area (Å²) in [7, 11) is 0. The first kappa shape index (κ1) is 24.7. The van der Waals surface area contributed by atoms with Crippen LogP contribution in [-0.4, -0.2) is 27.9 Å². The molecule has 0 bridgehead atoms. The number of anilines is 1. The van der Waals surface area contributed by atoms with E-state index in [9.17, 15) is 4.79 Å².